The summed E-state index contributed by atoms with van der Waals surface area (Å²) in [5.74, 6) is -2.70. The van der Waals surface area contributed by atoms with Crippen LogP contribution < -0.4 is 5.73 Å². The smallest absolute Gasteiger partial charge is 0.446 e. The molecule has 0 saturated heterocycles. The molecule has 0 spiro atoms. The number of carbonyl (C=O) groups is 1. The molecule has 0 saturated carbocycles. The molecule has 1 unspecified atom stereocenters. The molecule has 0 fully saturated rings. The number of carbonyl (C=O) groups excluding carboxylic acids is 1. The van der Waals surface area contributed by atoms with E-state index in [0.717, 1.165) is 25.3 Å². The van der Waals surface area contributed by atoms with Crippen molar-refractivity contribution >= 4 is 5.91 Å². The number of hydrogen-bond acceptors (Lipinski definition) is 2. The predicted molar refractivity (Wildman–Crippen MR) is 64.8 cm³/mol. The van der Waals surface area contributed by atoms with E-state index in [9.17, 15) is 18.0 Å². The van der Waals surface area contributed by atoms with Gasteiger partial charge in [0.2, 0.25) is 5.76 Å². The highest BCUT2D eigenvalue weighted by atomic mass is 19.4. The maximum Gasteiger partial charge on any atom is 0.449 e. The third-order valence-electron chi connectivity index (χ3n) is 3.04. The largest absolute Gasteiger partial charge is 0.449 e. The molecule has 108 valence electrons. The number of alkyl halides is 3. The van der Waals surface area contributed by atoms with E-state index in [-0.39, 0.29) is 17.2 Å². The van der Waals surface area contributed by atoms with E-state index in [1.807, 2.05) is 6.92 Å². The van der Waals surface area contributed by atoms with Gasteiger partial charge in [-0.1, -0.05) is 33.1 Å². The maximum atomic E-state index is 12.6. The SMILES string of the molecule is CCCCCC(C)c1cc(C(F)(F)F)oc1C(N)=O. The molecule has 0 radical (unpaired) electrons. The summed E-state index contributed by atoms with van der Waals surface area (Å²) in [6, 6.07) is 0.886. The predicted octanol–water partition coefficient (Wildman–Crippen LogP) is 4.08. The lowest BCUT2D eigenvalue weighted by Gasteiger charge is -2.09. The van der Waals surface area contributed by atoms with E-state index >= 15 is 0 Å². The summed E-state index contributed by atoms with van der Waals surface area (Å²) in [6.07, 6.45) is -0.992. The van der Waals surface area contributed by atoms with Crippen molar-refractivity contribution in [2.45, 2.75) is 51.6 Å². The van der Waals surface area contributed by atoms with Crippen LogP contribution >= 0.6 is 0 Å². The number of hydrogen-bond donors (Lipinski definition) is 1. The summed E-state index contributed by atoms with van der Waals surface area (Å²) in [6.45, 7) is 3.81. The normalized spacial score (nSPS) is 13.5. The molecule has 0 aliphatic heterocycles. The van der Waals surface area contributed by atoms with E-state index in [2.05, 4.69) is 4.42 Å². The van der Waals surface area contributed by atoms with Gasteiger partial charge < -0.3 is 10.2 Å². The second-order valence-corrected chi connectivity index (χ2v) is 4.65. The molecule has 0 aliphatic carbocycles. The second kappa shape index (κ2) is 6.12. The van der Waals surface area contributed by atoms with Gasteiger partial charge in [0, 0.05) is 5.56 Å². The molecule has 1 aromatic heterocycles. The third kappa shape index (κ3) is 4.01. The van der Waals surface area contributed by atoms with Crippen LogP contribution in [0.5, 0.6) is 0 Å². The summed E-state index contributed by atoms with van der Waals surface area (Å²) in [4.78, 5) is 11.2. The van der Waals surface area contributed by atoms with Gasteiger partial charge in [-0.25, -0.2) is 0 Å². The van der Waals surface area contributed by atoms with Crippen molar-refractivity contribution in [2.75, 3.05) is 0 Å². The van der Waals surface area contributed by atoms with Crippen molar-refractivity contribution < 1.29 is 22.4 Å². The topological polar surface area (TPSA) is 56.2 Å². The summed E-state index contributed by atoms with van der Waals surface area (Å²) in [5.41, 5.74) is 5.31. The fourth-order valence-electron chi connectivity index (χ4n) is 1.96. The molecule has 3 nitrogen and oxygen atoms in total. The van der Waals surface area contributed by atoms with Gasteiger partial charge in [0.05, 0.1) is 0 Å². The lowest BCUT2D eigenvalue weighted by Crippen LogP contribution is -2.13. The van der Waals surface area contributed by atoms with Gasteiger partial charge >= 0.3 is 6.18 Å². The molecule has 0 bridgehead atoms. The molecule has 1 amide bonds. The van der Waals surface area contributed by atoms with Crippen LogP contribution in [0.15, 0.2) is 10.5 Å². The Hall–Kier alpha value is -1.46. The highest BCUT2D eigenvalue weighted by molar-refractivity contribution is 5.91. The summed E-state index contributed by atoms with van der Waals surface area (Å²) >= 11 is 0. The van der Waals surface area contributed by atoms with Gasteiger partial charge in [-0.3, -0.25) is 4.79 Å². The molecular formula is C13H18F3NO2. The lowest BCUT2D eigenvalue weighted by atomic mass is 9.95. The number of nitrogens with two attached hydrogens (primary N) is 1. The van der Waals surface area contributed by atoms with Gasteiger partial charge in [0.15, 0.2) is 5.76 Å². The number of unbranched alkanes of at least 4 members (excludes halogenated alkanes) is 2. The Kier molecular flexibility index (Phi) is 5.03. The number of furan rings is 1. The zero-order chi connectivity index (χ0) is 14.6. The number of halogens is 3. The van der Waals surface area contributed by atoms with Crippen LogP contribution in [0.2, 0.25) is 0 Å². The molecule has 1 rings (SSSR count). The summed E-state index contributed by atoms with van der Waals surface area (Å²) < 4.78 is 42.3. The van der Waals surface area contributed by atoms with E-state index in [0.29, 0.717) is 6.42 Å². The van der Waals surface area contributed by atoms with Crippen molar-refractivity contribution in [3.8, 4) is 0 Å². The van der Waals surface area contributed by atoms with Crippen LogP contribution in [0.25, 0.3) is 0 Å². The molecular weight excluding hydrogens is 259 g/mol. The molecule has 0 aliphatic rings. The Balaban J connectivity index is 2.98. The van der Waals surface area contributed by atoms with Crippen LogP contribution in [0.1, 0.15) is 67.3 Å². The molecule has 6 heteroatoms. The maximum absolute atomic E-state index is 12.6. The van der Waals surface area contributed by atoms with E-state index in [4.69, 9.17) is 5.73 Å². The van der Waals surface area contributed by atoms with Gasteiger partial charge in [0.1, 0.15) is 0 Å². The number of primary amides is 1. The minimum absolute atomic E-state index is 0.186. The monoisotopic (exact) mass is 277 g/mol. The molecule has 1 heterocycles. The van der Waals surface area contributed by atoms with Crippen molar-refractivity contribution in [3.05, 3.63) is 23.2 Å². The minimum Gasteiger partial charge on any atom is -0.446 e. The Labute approximate surface area is 110 Å². The minimum atomic E-state index is -4.61. The molecule has 2 N–H and O–H groups in total. The Bertz CT molecular complexity index is 438. The zero-order valence-corrected chi connectivity index (χ0v) is 11.0. The van der Waals surface area contributed by atoms with Gasteiger partial charge in [-0.15, -0.1) is 0 Å². The van der Waals surface area contributed by atoms with Crippen molar-refractivity contribution in [1.29, 1.82) is 0 Å². The standard InChI is InChI=1S/C13H18F3NO2/c1-3-4-5-6-8(2)9-7-10(13(14,15)16)19-11(9)12(17)18/h7-8H,3-6H2,1-2H3,(H2,17,18). The van der Waals surface area contributed by atoms with Crippen molar-refractivity contribution in [1.82, 2.24) is 0 Å². The van der Waals surface area contributed by atoms with Crippen LogP contribution in [-0.2, 0) is 6.18 Å². The first-order valence-corrected chi connectivity index (χ1v) is 6.28. The lowest BCUT2D eigenvalue weighted by molar-refractivity contribution is -0.153. The van der Waals surface area contributed by atoms with Crippen LogP contribution in [0, 0.1) is 0 Å². The zero-order valence-electron chi connectivity index (χ0n) is 11.0. The summed E-state index contributed by atoms with van der Waals surface area (Å²) in [5, 5.41) is 0. The first kappa shape index (κ1) is 15.6. The molecule has 19 heavy (non-hydrogen) atoms. The van der Waals surface area contributed by atoms with E-state index in [1.54, 1.807) is 6.92 Å². The quantitative estimate of drug-likeness (QED) is 0.796. The first-order chi connectivity index (χ1) is 8.77. The fraction of sp³-hybridized carbons (Fsp3) is 0.615. The van der Waals surface area contributed by atoms with E-state index < -0.39 is 17.8 Å². The molecule has 1 atom stereocenters. The fourth-order valence-corrected chi connectivity index (χ4v) is 1.96. The van der Waals surface area contributed by atoms with Crippen molar-refractivity contribution in [3.63, 3.8) is 0 Å². The van der Waals surface area contributed by atoms with Gasteiger partial charge in [-0.05, 0) is 18.4 Å². The first-order valence-electron chi connectivity index (χ1n) is 6.28. The number of amides is 1. The third-order valence-corrected chi connectivity index (χ3v) is 3.04. The number of rotatable bonds is 6. The average Bonchev–Trinajstić information content (AvgIpc) is 2.73. The van der Waals surface area contributed by atoms with Crippen LogP contribution in [0.3, 0.4) is 0 Å². The average molecular weight is 277 g/mol. The Morgan fingerprint density at radius 1 is 1.42 bits per heavy atom. The van der Waals surface area contributed by atoms with Crippen molar-refractivity contribution in [2.24, 2.45) is 5.73 Å². The van der Waals surface area contributed by atoms with Gasteiger partial charge in [-0.2, -0.15) is 13.2 Å². The second-order valence-electron chi connectivity index (χ2n) is 4.65. The summed E-state index contributed by atoms with van der Waals surface area (Å²) in [7, 11) is 0. The van der Waals surface area contributed by atoms with E-state index in [1.165, 1.54) is 0 Å². The van der Waals surface area contributed by atoms with Crippen LogP contribution in [0.4, 0.5) is 13.2 Å². The van der Waals surface area contributed by atoms with Gasteiger partial charge in [0.25, 0.3) is 5.91 Å². The highest BCUT2D eigenvalue weighted by Gasteiger charge is 2.37. The van der Waals surface area contributed by atoms with Crippen LogP contribution in [-0.4, -0.2) is 5.91 Å². The highest BCUT2D eigenvalue weighted by Crippen LogP contribution is 2.36. The molecule has 1 aromatic rings. The Morgan fingerprint density at radius 3 is 2.53 bits per heavy atom. The Morgan fingerprint density at radius 2 is 2.05 bits per heavy atom. The molecule has 0 aromatic carbocycles.